The Kier molecular flexibility index (Phi) is 4.67. The van der Waals surface area contributed by atoms with Gasteiger partial charge in [0, 0.05) is 6.54 Å². The first-order chi connectivity index (χ1) is 9.49. The lowest BCUT2D eigenvalue weighted by molar-refractivity contribution is -0.143. The van der Waals surface area contributed by atoms with Crippen molar-refractivity contribution < 1.29 is 14.3 Å². The molecular formula is C14H17FN2O2S. The molecule has 1 aromatic rings. The lowest BCUT2D eigenvalue weighted by Crippen LogP contribution is -2.44. The van der Waals surface area contributed by atoms with Crippen LogP contribution in [0.15, 0.2) is 24.3 Å². The summed E-state index contributed by atoms with van der Waals surface area (Å²) in [6.45, 7) is 1.09. The van der Waals surface area contributed by atoms with Gasteiger partial charge in [0.05, 0.1) is 16.9 Å². The number of carboxylic acid groups (broad SMARTS) is 1. The average molecular weight is 296 g/mol. The number of rotatable bonds is 4. The smallest absolute Gasteiger partial charge is 0.307 e. The minimum atomic E-state index is -0.810. The van der Waals surface area contributed by atoms with Crippen LogP contribution in [0.5, 0.6) is 0 Å². The lowest BCUT2D eigenvalue weighted by atomic mass is 9.95. The highest BCUT2D eigenvalue weighted by Gasteiger charge is 2.31. The van der Waals surface area contributed by atoms with Crippen LogP contribution in [0.2, 0.25) is 0 Å². The van der Waals surface area contributed by atoms with Gasteiger partial charge in [-0.05, 0) is 37.1 Å². The third-order valence-electron chi connectivity index (χ3n) is 3.60. The minimum Gasteiger partial charge on any atom is -0.481 e. The van der Waals surface area contributed by atoms with Gasteiger partial charge in [0.15, 0.2) is 0 Å². The maximum atomic E-state index is 13.4. The quantitative estimate of drug-likeness (QED) is 0.831. The molecule has 1 saturated heterocycles. The van der Waals surface area contributed by atoms with Crippen molar-refractivity contribution in [3.05, 3.63) is 35.6 Å². The number of piperidine rings is 1. The van der Waals surface area contributed by atoms with Crippen LogP contribution in [0.4, 0.5) is 4.39 Å². The molecule has 1 aliphatic heterocycles. The normalized spacial score (nSPS) is 21.4. The predicted molar refractivity (Wildman–Crippen MR) is 77.9 cm³/mol. The van der Waals surface area contributed by atoms with Gasteiger partial charge in [0.1, 0.15) is 5.82 Å². The number of carbonyl (C=O) groups is 1. The van der Waals surface area contributed by atoms with Crippen LogP contribution in [0.25, 0.3) is 0 Å². The summed E-state index contributed by atoms with van der Waals surface area (Å²) >= 11 is 5.09. The molecule has 0 saturated carbocycles. The van der Waals surface area contributed by atoms with Crippen LogP contribution in [0, 0.1) is 11.7 Å². The van der Waals surface area contributed by atoms with Gasteiger partial charge in [-0.25, -0.2) is 4.39 Å². The number of carboxylic acids is 1. The number of benzene rings is 1. The number of nitrogens with zero attached hydrogens (tertiary/aromatic N) is 1. The van der Waals surface area contributed by atoms with Crippen LogP contribution in [-0.4, -0.2) is 34.1 Å². The topological polar surface area (TPSA) is 66.6 Å². The number of hydrogen-bond donors (Lipinski definition) is 2. The fourth-order valence-corrected chi connectivity index (χ4v) is 2.96. The summed E-state index contributed by atoms with van der Waals surface area (Å²) in [5.41, 5.74) is 6.46. The van der Waals surface area contributed by atoms with E-state index in [-0.39, 0.29) is 10.8 Å². The minimum absolute atomic E-state index is 0.238. The fourth-order valence-electron chi connectivity index (χ4n) is 2.67. The number of nitrogens with two attached hydrogens (primary N) is 1. The first-order valence-corrected chi connectivity index (χ1v) is 6.91. The number of aliphatic carboxylic acids is 1. The molecule has 0 aliphatic carbocycles. The van der Waals surface area contributed by atoms with Gasteiger partial charge in [-0.15, -0.1) is 0 Å². The summed E-state index contributed by atoms with van der Waals surface area (Å²) < 4.78 is 13.4. The molecule has 1 aliphatic rings. The largest absolute Gasteiger partial charge is 0.481 e. The zero-order valence-corrected chi connectivity index (χ0v) is 11.8. The second-order valence-corrected chi connectivity index (χ2v) is 5.50. The van der Waals surface area contributed by atoms with Crippen LogP contribution in [0.1, 0.15) is 24.4 Å². The summed E-state index contributed by atoms with van der Waals surface area (Å²) in [6, 6.07) is 5.71. The fraction of sp³-hybridized carbons (Fsp3) is 0.429. The molecule has 0 radical (unpaired) electrons. The van der Waals surface area contributed by atoms with E-state index in [0.29, 0.717) is 25.1 Å². The number of hydrogen-bond acceptors (Lipinski definition) is 3. The summed E-state index contributed by atoms with van der Waals surface area (Å²) in [6.07, 6.45) is 1.42. The molecule has 1 heterocycles. The van der Waals surface area contributed by atoms with Crippen molar-refractivity contribution in [2.24, 2.45) is 11.7 Å². The predicted octanol–water partition coefficient (Wildman–Crippen LogP) is 1.95. The van der Waals surface area contributed by atoms with E-state index in [4.69, 9.17) is 23.1 Å². The number of halogens is 1. The Hall–Kier alpha value is -1.53. The first kappa shape index (κ1) is 14.9. The summed E-state index contributed by atoms with van der Waals surface area (Å²) in [5.74, 6) is -1.58. The molecule has 6 heteroatoms. The Balaban J connectivity index is 2.25. The van der Waals surface area contributed by atoms with E-state index >= 15 is 0 Å². The summed E-state index contributed by atoms with van der Waals surface area (Å²) in [5, 5.41) is 9.14. The maximum Gasteiger partial charge on any atom is 0.307 e. The van der Waals surface area contributed by atoms with E-state index < -0.39 is 17.9 Å². The lowest BCUT2D eigenvalue weighted by Gasteiger charge is -2.36. The molecule has 0 aromatic heterocycles. The number of thiocarbonyl (C=S) groups is 1. The first-order valence-electron chi connectivity index (χ1n) is 6.50. The number of likely N-dealkylation sites (tertiary alicyclic amines) is 1. The van der Waals surface area contributed by atoms with Crippen LogP contribution in [-0.2, 0) is 4.79 Å². The summed E-state index contributed by atoms with van der Waals surface area (Å²) in [7, 11) is 0. The van der Waals surface area contributed by atoms with Crippen molar-refractivity contribution in [3.8, 4) is 0 Å². The second kappa shape index (κ2) is 6.28. The van der Waals surface area contributed by atoms with E-state index in [1.807, 2.05) is 4.90 Å². The zero-order chi connectivity index (χ0) is 14.7. The van der Waals surface area contributed by atoms with Crippen molar-refractivity contribution in [3.63, 3.8) is 0 Å². The molecule has 0 amide bonds. The van der Waals surface area contributed by atoms with Gasteiger partial charge >= 0.3 is 5.97 Å². The van der Waals surface area contributed by atoms with Crippen LogP contribution >= 0.6 is 12.2 Å². The zero-order valence-electron chi connectivity index (χ0n) is 11.0. The van der Waals surface area contributed by atoms with E-state index in [1.54, 1.807) is 12.1 Å². The van der Waals surface area contributed by atoms with Gasteiger partial charge in [0.25, 0.3) is 0 Å². The van der Waals surface area contributed by atoms with Gasteiger partial charge < -0.3 is 10.8 Å². The van der Waals surface area contributed by atoms with Crippen LogP contribution in [0.3, 0.4) is 0 Å². The third-order valence-corrected chi connectivity index (χ3v) is 3.82. The molecule has 1 fully saturated rings. The van der Waals surface area contributed by atoms with E-state index in [0.717, 1.165) is 6.42 Å². The van der Waals surface area contributed by atoms with Gasteiger partial charge in [-0.1, -0.05) is 24.4 Å². The van der Waals surface area contributed by atoms with E-state index in [9.17, 15) is 9.18 Å². The van der Waals surface area contributed by atoms with Gasteiger partial charge in [-0.2, -0.15) is 0 Å². The third kappa shape index (κ3) is 3.32. The Morgan fingerprint density at radius 2 is 2.30 bits per heavy atom. The molecule has 2 unspecified atom stereocenters. The Labute approximate surface area is 122 Å². The van der Waals surface area contributed by atoms with Crippen LogP contribution < -0.4 is 5.73 Å². The SMILES string of the molecule is NC(=S)C(c1cccc(F)c1)N1CCCC(C(=O)O)C1. The van der Waals surface area contributed by atoms with Crippen molar-refractivity contribution >= 4 is 23.2 Å². The van der Waals surface area contributed by atoms with Crippen molar-refractivity contribution in [2.75, 3.05) is 13.1 Å². The molecule has 3 N–H and O–H groups in total. The highest BCUT2D eigenvalue weighted by atomic mass is 32.1. The van der Waals surface area contributed by atoms with Crippen molar-refractivity contribution in [1.82, 2.24) is 4.90 Å². The molecular weight excluding hydrogens is 279 g/mol. The standard InChI is InChI=1S/C14H17FN2O2S/c15-11-5-1-3-9(7-11)12(13(16)20)17-6-2-4-10(8-17)14(18)19/h1,3,5,7,10,12H,2,4,6,8H2,(H2,16,20)(H,18,19). The molecule has 2 atom stereocenters. The average Bonchev–Trinajstić information content (AvgIpc) is 2.39. The Morgan fingerprint density at radius 1 is 1.55 bits per heavy atom. The van der Waals surface area contributed by atoms with E-state index in [2.05, 4.69) is 0 Å². The molecule has 0 bridgehead atoms. The van der Waals surface area contributed by atoms with Crippen molar-refractivity contribution in [1.29, 1.82) is 0 Å². The second-order valence-electron chi connectivity index (χ2n) is 5.03. The Bertz CT molecular complexity index is 524. The highest BCUT2D eigenvalue weighted by molar-refractivity contribution is 7.80. The monoisotopic (exact) mass is 296 g/mol. The Morgan fingerprint density at radius 3 is 2.90 bits per heavy atom. The summed E-state index contributed by atoms with van der Waals surface area (Å²) in [4.78, 5) is 13.3. The molecule has 1 aromatic carbocycles. The molecule has 20 heavy (non-hydrogen) atoms. The molecule has 2 rings (SSSR count). The van der Waals surface area contributed by atoms with E-state index in [1.165, 1.54) is 12.1 Å². The van der Waals surface area contributed by atoms with Crippen molar-refractivity contribution in [2.45, 2.75) is 18.9 Å². The molecule has 4 nitrogen and oxygen atoms in total. The maximum absolute atomic E-state index is 13.4. The molecule has 0 spiro atoms. The molecule has 108 valence electrons. The van der Waals surface area contributed by atoms with Gasteiger partial charge in [-0.3, -0.25) is 9.69 Å². The van der Waals surface area contributed by atoms with Gasteiger partial charge in [0.2, 0.25) is 0 Å². The highest BCUT2D eigenvalue weighted by Crippen LogP contribution is 2.27.